The minimum atomic E-state index is -0.513. The summed E-state index contributed by atoms with van der Waals surface area (Å²) in [6, 6.07) is 5.37. The molecule has 0 unspecified atom stereocenters. The van der Waals surface area contributed by atoms with Gasteiger partial charge in [-0.3, -0.25) is 9.59 Å². The van der Waals surface area contributed by atoms with Crippen molar-refractivity contribution in [1.82, 2.24) is 4.90 Å². The lowest BCUT2D eigenvalue weighted by Crippen LogP contribution is -2.42. The molecule has 0 spiro atoms. The highest BCUT2D eigenvalue weighted by atomic mass is 79.9. The number of hydrogen-bond donors (Lipinski definition) is 1. The van der Waals surface area contributed by atoms with Gasteiger partial charge in [0.2, 0.25) is 5.91 Å². The second-order valence-electron chi connectivity index (χ2n) is 4.43. The monoisotopic (exact) mass is 312 g/mol. The quantitative estimate of drug-likeness (QED) is 0.925. The molecule has 0 atom stereocenters. The van der Waals surface area contributed by atoms with Crippen molar-refractivity contribution < 1.29 is 9.59 Å². The van der Waals surface area contributed by atoms with E-state index >= 15 is 0 Å². The number of carbonyl (C=O) groups excluding carboxylic acids is 2. The fourth-order valence-corrected chi connectivity index (χ4v) is 2.06. The van der Waals surface area contributed by atoms with Crippen molar-refractivity contribution in [3.05, 3.63) is 33.8 Å². The predicted octanol–water partition coefficient (Wildman–Crippen LogP) is 2.09. The van der Waals surface area contributed by atoms with E-state index in [9.17, 15) is 9.59 Å². The molecule has 0 radical (unpaired) electrons. The highest BCUT2D eigenvalue weighted by Crippen LogP contribution is 2.23. The molecule has 98 valence electrons. The third-order valence-electron chi connectivity index (χ3n) is 2.63. The van der Waals surface area contributed by atoms with Crippen LogP contribution in [-0.2, 0) is 4.79 Å². The summed E-state index contributed by atoms with van der Waals surface area (Å²) < 4.78 is 0.755. The highest BCUT2D eigenvalue weighted by molar-refractivity contribution is 9.10. The van der Waals surface area contributed by atoms with Crippen LogP contribution >= 0.6 is 15.9 Å². The number of amides is 2. The lowest BCUT2D eigenvalue weighted by atomic mass is 10.1. The maximum atomic E-state index is 12.4. The summed E-state index contributed by atoms with van der Waals surface area (Å²) >= 11 is 3.40. The number of nitrogens with zero attached hydrogens (tertiary/aromatic N) is 1. The van der Waals surface area contributed by atoms with Crippen LogP contribution in [0.4, 0.5) is 0 Å². The zero-order valence-electron chi connectivity index (χ0n) is 10.7. The Bertz CT molecular complexity index is 472. The molecule has 0 aromatic heterocycles. The minimum Gasteiger partial charge on any atom is -0.368 e. The van der Waals surface area contributed by atoms with Gasteiger partial charge in [-0.15, -0.1) is 0 Å². The summed E-state index contributed by atoms with van der Waals surface area (Å²) in [6.07, 6.45) is 0. The van der Waals surface area contributed by atoms with Crippen molar-refractivity contribution in [3.63, 3.8) is 0 Å². The Balaban J connectivity index is 3.10. The molecular formula is C13H17BrN2O2. The molecule has 0 saturated heterocycles. The van der Waals surface area contributed by atoms with Gasteiger partial charge < -0.3 is 10.6 Å². The van der Waals surface area contributed by atoms with E-state index in [2.05, 4.69) is 15.9 Å². The van der Waals surface area contributed by atoms with E-state index in [4.69, 9.17) is 5.73 Å². The van der Waals surface area contributed by atoms with Gasteiger partial charge in [0.25, 0.3) is 5.91 Å². The molecule has 0 saturated carbocycles. The van der Waals surface area contributed by atoms with E-state index in [-0.39, 0.29) is 18.5 Å². The van der Waals surface area contributed by atoms with Crippen LogP contribution in [0, 0.1) is 6.92 Å². The molecule has 0 aliphatic rings. The zero-order valence-corrected chi connectivity index (χ0v) is 12.3. The van der Waals surface area contributed by atoms with Gasteiger partial charge in [-0.25, -0.2) is 0 Å². The molecule has 0 aliphatic heterocycles. The Morgan fingerprint density at radius 2 is 2.00 bits per heavy atom. The summed E-state index contributed by atoms with van der Waals surface area (Å²) in [5, 5.41) is 0. The average molecular weight is 313 g/mol. The smallest absolute Gasteiger partial charge is 0.255 e. The summed E-state index contributed by atoms with van der Waals surface area (Å²) in [6.45, 7) is 5.54. The first kappa shape index (κ1) is 14.7. The van der Waals surface area contributed by atoms with Gasteiger partial charge in [0.05, 0.1) is 12.1 Å². The Morgan fingerprint density at radius 3 is 2.50 bits per heavy atom. The molecule has 1 aromatic carbocycles. The van der Waals surface area contributed by atoms with Crippen molar-refractivity contribution in [2.45, 2.75) is 26.8 Å². The molecular weight excluding hydrogens is 296 g/mol. The maximum absolute atomic E-state index is 12.4. The molecule has 0 fully saturated rings. The van der Waals surface area contributed by atoms with Gasteiger partial charge in [0.15, 0.2) is 0 Å². The van der Waals surface area contributed by atoms with Gasteiger partial charge in [0.1, 0.15) is 0 Å². The van der Waals surface area contributed by atoms with E-state index < -0.39 is 5.91 Å². The van der Waals surface area contributed by atoms with Crippen molar-refractivity contribution in [3.8, 4) is 0 Å². The number of nitrogens with two attached hydrogens (primary N) is 1. The van der Waals surface area contributed by atoms with Crippen LogP contribution in [0.1, 0.15) is 29.8 Å². The molecule has 0 heterocycles. The van der Waals surface area contributed by atoms with Crippen molar-refractivity contribution in [2.24, 2.45) is 5.73 Å². The second-order valence-corrected chi connectivity index (χ2v) is 5.22. The molecule has 0 aliphatic carbocycles. The van der Waals surface area contributed by atoms with E-state index in [0.717, 1.165) is 10.0 Å². The van der Waals surface area contributed by atoms with Crippen LogP contribution in [0.2, 0.25) is 0 Å². The van der Waals surface area contributed by atoms with E-state index in [1.807, 2.05) is 32.9 Å². The van der Waals surface area contributed by atoms with Crippen LogP contribution in [0.5, 0.6) is 0 Å². The van der Waals surface area contributed by atoms with E-state index in [0.29, 0.717) is 5.56 Å². The largest absolute Gasteiger partial charge is 0.368 e. The van der Waals surface area contributed by atoms with Crippen LogP contribution in [-0.4, -0.2) is 29.3 Å². The molecule has 0 bridgehead atoms. The number of carbonyl (C=O) groups is 2. The van der Waals surface area contributed by atoms with Crippen molar-refractivity contribution in [1.29, 1.82) is 0 Å². The minimum absolute atomic E-state index is 0.0725. The van der Waals surface area contributed by atoms with Gasteiger partial charge in [-0.1, -0.05) is 12.1 Å². The molecule has 4 nitrogen and oxygen atoms in total. The first-order chi connectivity index (χ1) is 8.34. The lowest BCUT2D eigenvalue weighted by molar-refractivity contribution is -0.119. The number of benzene rings is 1. The lowest BCUT2D eigenvalue weighted by Gasteiger charge is -2.26. The Labute approximate surface area is 115 Å². The van der Waals surface area contributed by atoms with Gasteiger partial charge in [-0.05, 0) is 48.3 Å². The Hall–Kier alpha value is -1.36. The zero-order chi connectivity index (χ0) is 13.9. The number of aryl methyl sites for hydroxylation is 1. The van der Waals surface area contributed by atoms with Crippen molar-refractivity contribution >= 4 is 27.7 Å². The Kier molecular flexibility index (Phi) is 4.90. The average Bonchev–Trinajstić information content (AvgIpc) is 2.28. The highest BCUT2D eigenvalue weighted by Gasteiger charge is 2.22. The SMILES string of the molecule is Cc1cccc(C(=O)N(CC(N)=O)C(C)C)c1Br. The first-order valence-corrected chi connectivity index (χ1v) is 6.48. The van der Waals surface area contributed by atoms with E-state index in [1.165, 1.54) is 4.90 Å². The summed E-state index contributed by atoms with van der Waals surface area (Å²) in [7, 11) is 0. The summed E-state index contributed by atoms with van der Waals surface area (Å²) in [5.74, 6) is -0.708. The van der Waals surface area contributed by atoms with Crippen LogP contribution in [0.15, 0.2) is 22.7 Å². The molecule has 2 amide bonds. The van der Waals surface area contributed by atoms with Crippen LogP contribution in [0.3, 0.4) is 0 Å². The number of halogens is 1. The fourth-order valence-electron chi connectivity index (χ4n) is 1.62. The van der Waals surface area contributed by atoms with Gasteiger partial charge >= 0.3 is 0 Å². The van der Waals surface area contributed by atoms with E-state index in [1.54, 1.807) is 6.07 Å². The molecule has 2 N–H and O–H groups in total. The summed E-state index contributed by atoms with van der Waals surface area (Å²) in [4.78, 5) is 24.9. The van der Waals surface area contributed by atoms with Crippen molar-refractivity contribution in [2.75, 3.05) is 6.54 Å². The van der Waals surface area contributed by atoms with Gasteiger partial charge in [-0.2, -0.15) is 0 Å². The van der Waals surface area contributed by atoms with Crippen LogP contribution < -0.4 is 5.73 Å². The third-order valence-corrected chi connectivity index (χ3v) is 3.69. The van der Waals surface area contributed by atoms with Crippen LogP contribution in [0.25, 0.3) is 0 Å². The second kappa shape index (κ2) is 6.00. The topological polar surface area (TPSA) is 63.4 Å². The molecule has 1 aromatic rings. The standard InChI is InChI=1S/C13H17BrN2O2/c1-8(2)16(7-11(15)17)13(18)10-6-4-5-9(3)12(10)14/h4-6,8H,7H2,1-3H3,(H2,15,17). The maximum Gasteiger partial charge on any atom is 0.255 e. The van der Waals surface area contributed by atoms with Gasteiger partial charge in [0, 0.05) is 10.5 Å². The number of hydrogen-bond acceptors (Lipinski definition) is 2. The number of rotatable bonds is 4. The normalized spacial score (nSPS) is 10.5. The molecule has 18 heavy (non-hydrogen) atoms. The summed E-state index contributed by atoms with van der Waals surface area (Å²) in [5.41, 5.74) is 6.69. The molecule has 5 heteroatoms. The first-order valence-electron chi connectivity index (χ1n) is 5.69. The molecule has 1 rings (SSSR count). The Morgan fingerprint density at radius 1 is 1.39 bits per heavy atom. The third kappa shape index (κ3) is 3.32. The fraction of sp³-hybridized carbons (Fsp3) is 0.385. The number of primary amides is 1. The predicted molar refractivity (Wildman–Crippen MR) is 74.2 cm³/mol.